The molecule has 0 radical (unpaired) electrons. The highest BCUT2D eigenvalue weighted by Crippen LogP contribution is 2.37. The van der Waals surface area contributed by atoms with Gasteiger partial charge in [0.25, 0.3) is 0 Å². The first-order chi connectivity index (χ1) is 19.7. The fourth-order valence-corrected chi connectivity index (χ4v) is 5.34. The second kappa shape index (κ2) is 14.1. The summed E-state index contributed by atoms with van der Waals surface area (Å²) in [7, 11) is -4.25. The Labute approximate surface area is 249 Å². The summed E-state index contributed by atoms with van der Waals surface area (Å²) in [5.74, 6) is -1.21. The van der Waals surface area contributed by atoms with E-state index in [0.717, 1.165) is 24.0 Å². The summed E-state index contributed by atoms with van der Waals surface area (Å²) in [6.45, 7) is 2.84. The largest absolute Gasteiger partial charge is 0.417 e. The molecule has 0 saturated carbocycles. The lowest BCUT2D eigenvalue weighted by molar-refractivity contribution is -0.140. The van der Waals surface area contributed by atoms with Gasteiger partial charge in [0.1, 0.15) is 12.6 Å². The van der Waals surface area contributed by atoms with Gasteiger partial charge in [0.15, 0.2) is 0 Å². The van der Waals surface area contributed by atoms with Crippen molar-refractivity contribution >= 4 is 39.1 Å². The molecule has 42 heavy (non-hydrogen) atoms. The highest BCUT2D eigenvalue weighted by Gasteiger charge is 2.36. The van der Waals surface area contributed by atoms with Crippen LogP contribution in [0.15, 0.2) is 78.9 Å². The minimum atomic E-state index is -4.85. The molecule has 226 valence electrons. The number of hydrogen-bond acceptors (Lipinski definition) is 4. The lowest BCUT2D eigenvalue weighted by Crippen LogP contribution is -2.54. The second-order valence-electron chi connectivity index (χ2n) is 9.96. The summed E-state index contributed by atoms with van der Waals surface area (Å²) < 4.78 is 67.0. The monoisotopic (exact) mass is 623 g/mol. The number of carbonyl (C=O) groups excluding carboxylic acids is 2. The van der Waals surface area contributed by atoms with Crippen LogP contribution in [0.5, 0.6) is 0 Å². The van der Waals surface area contributed by atoms with Crippen LogP contribution in [0.2, 0.25) is 5.02 Å². The van der Waals surface area contributed by atoms with Gasteiger partial charge in [-0.3, -0.25) is 13.9 Å². The standard InChI is InChI=1S/C30H33ClF3N3O4S/c1-4-21(2)35-29(39)27(17-22-11-7-5-8-12-22)36(19-23-13-9-6-10-14-23)28(38)20-37(42(3,40)41)24-15-16-26(31)25(18-24)30(32,33)34/h5-16,18,21,27H,4,17,19-20H2,1-3H3,(H,35,39). The number of anilines is 1. The van der Waals surface area contributed by atoms with Crippen LogP contribution in [-0.4, -0.2) is 50.0 Å². The zero-order valence-corrected chi connectivity index (χ0v) is 25.0. The van der Waals surface area contributed by atoms with Gasteiger partial charge in [0.2, 0.25) is 21.8 Å². The molecule has 2 atom stereocenters. The van der Waals surface area contributed by atoms with Crippen LogP contribution in [0.3, 0.4) is 0 Å². The average Bonchev–Trinajstić information content (AvgIpc) is 2.93. The van der Waals surface area contributed by atoms with Crippen LogP contribution in [-0.2, 0) is 38.8 Å². The van der Waals surface area contributed by atoms with Crippen molar-refractivity contribution in [1.82, 2.24) is 10.2 Å². The number of benzene rings is 3. The molecule has 0 aliphatic carbocycles. The van der Waals surface area contributed by atoms with E-state index in [1.807, 2.05) is 32.0 Å². The lowest BCUT2D eigenvalue weighted by atomic mass is 10.0. The van der Waals surface area contributed by atoms with E-state index >= 15 is 0 Å². The van der Waals surface area contributed by atoms with Gasteiger partial charge < -0.3 is 10.2 Å². The van der Waals surface area contributed by atoms with Crippen molar-refractivity contribution in [2.75, 3.05) is 17.1 Å². The van der Waals surface area contributed by atoms with Crippen LogP contribution < -0.4 is 9.62 Å². The molecule has 3 rings (SSSR count). The van der Waals surface area contributed by atoms with Gasteiger partial charge in [-0.25, -0.2) is 8.42 Å². The third kappa shape index (κ3) is 8.96. The quantitative estimate of drug-likeness (QED) is 0.281. The number of sulfonamides is 1. The number of nitrogens with one attached hydrogen (secondary N) is 1. The number of amides is 2. The van der Waals surface area contributed by atoms with Gasteiger partial charge in [0.05, 0.1) is 22.5 Å². The van der Waals surface area contributed by atoms with E-state index in [1.54, 1.807) is 42.5 Å². The van der Waals surface area contributed by atoms with Gasteiger partial charge >= 0.3 is 6.18 Å². The predicted molar refractivity (Wildman–Crippen MR) is 157 cm³/mol. The molecule has 0 spiro atoms. The Hall–Kier alpha value is -3.57. The van der Waals surface area contributed by atoms with E-state index in [2.05, 4.69) is 5.32 Å². The first kappa shape index (κ1) is 32.9. The number of carbonyl (C=O) groups is 2. The van der Waals surface area contributed by atoms with Crippen molar-refractivity contribution in [3.8, 4) is 0 Å². The van der Waals surface area contributed by atoms with Crippen molar-refractivity contribution in [3.05, 3.63) is 101 Å². The van der Waals surface area contributed by atoms with Crippen LogP contribution in [0, 0.1) is 0 Å². The van der Waals surface area contributed by atoms with E-state index in [4.69, 9.17) is 11.6 Å². The summed E-state index contributed by atoms with van der Waals surface area (Å²) in [5, 5.41) is 2.30. The molecule has 0 aliphatic heterocycles. The predicted octanol–water partition coefficient (Wildman–Crippen LogP) is 5.68. The molecule has 7 nitrogen and oxygen atoms in total. The molecule has 0 saturated heterocycles. The van der Waals surface area contributed by atoms with Gasteiger partial charge in [0, 0.05) is 19.0 Å². The van der Waals surface area contributed by atoms with Crippen LogP contribution >= 0.6 is 11.6 Å². The second-order valence-corrected chi connectivity index (χ2v) is 12.3. The minimum absolute atomic E-state index is 0.0445. The van der Waals surface area contributed by atoms with E-state index in [0.29, 0.717) is 22.4 Å². The first-order valence-corrected chi connectivity index (χ1v) is 15.5. The summed E-state index contributed by atoms with van der Waals surface area (Å²) in [6.07, 6.45) is -3.30. The number of hydrogen-bond donors (Lipinski definition) is 1. The lowest BCUT2D eigenvalue weighted by Gasteiger charge is -2.34. The number of alkyl halides is 3. The normalized spacial score (nSPS) is 13.2. The molecule has 2 unspecified atom stereocenters. The zero-order chi connectivity index (χ0) is 31.1. The van der Waals surface area contributed by atoms with Crippen molar-refractivity contribution in [3.63, 3.8) is 0 Å². The smallest absolute Gasteiger partial charge is 0.352 e. The van der Waals surface area contributed by atoms with Crippen molar-refractivity contribution in [1.29, 1.82) is 0 Å². The summed E-state index contributed by atoms with van der Waals surface area (Å²) in [5.41, 5.74) is -0.179. The molecule has 3 aromatic rings. The Balaban J connectivity index is 2.08. The summed E-state index contributed by atoms with van der Waals surface area (Å²) in [6, 6.07) is 19.2. The van der Waals surface area contributed by atoms with Crippen LogP contribution in [0.25, 0.3) is 0 Å². The molecular weight excluding hydrogens is 591 g/mol. The Morgan fingerprint density at radius 3 is 2.05 bits per heavy atom. The van der Waals surface area contributed by atoms with Gasteiger partial charge in [-0.05, 0) is 42.7 Å². The first-order valence-electron chi connectivity index (χ1n) is 13.2. The molecule has 0 heterocycles. The number of halogens is 4. The Bertz CT molecular complexity index is 1470. The molecule has 0 fully saturated rings. The maximum absolute atomic E-state index is 14.0. The van der Waals surface area contributed by atoms with Crippen molar-refractivity contribution in [2.24, 2.45) is 0 Å². The van der Waals surface area contributed by atoms with E-state index in [9.17, 15) is 31.2 Å². The van der Waals surface area contributed by atoms with E-state index < -0.39 is 51.2 Å². The van der Waals surface area contributed by atoms with Gasteiger partial charge in [-0.1, -0.05) is 79.2 Å². The highest BCUT2D eigenvalue weighted by atomic mass is 35.5. The fourth-order valence-electron chi connectivity index (χ4n) is 4.27. The Morgan fingerprint density at radius 2 is 1.52 bits per heavy atom. The molecule has 0 aromatic heterocycles. The molecule has 2 amide bonds. The summed E-state index contributed by atoms with van der Waals surface area (Å²) in [4.78, 5) is 28.9. The molecular formula is C30H33ClF3N3O4S. The maximum atomic E-state index is 14.0. The summed E-state index contributed by atoms with van der Waals surface area (Å²) >= 11 is 5.75. The van der Waals surface area contributed by atoms with Gasteiger partial charge in [-0.2, -0.15) is 13.2 Å². The number of rotatable bonds is 12. The average molecular weight is 624 g/mol. The SMILES string of the molecule is CCC(C)NC(=O)C(Cc1ccccc1)N(Cc1ccccc1)C(=O)CN(c1ccc(Cl)c(C(F)(F)F)c1)S(C)(=O)=O. The van der Waals surface area contributed by atoms with Crippen molar-refractivity contribution in [2.45, 2.75) is 51.5 Å². The molecule has 12 heteroatoms. The Kier molecular flexibility index (Phi) is 11.0. The highest BCUT2D eigenvalue weighted by molar-refractivity contribution is 7.92. The maximum Gasteiger partial charge on any atom is 0.417 e. The molecule has 0 bridgehead atoms. The molecule has 0 aliphatic rings. The third-order valence-electron chi connectivity index (χ3n) is 6.69. The zero-order valence-electron chi connectivity index (χ0n) is 23.4. The minimum Gasteiger partial charge on any atom is -0.352 e. The molecule has 3 aromatic carbocycles. The van der Waals surface area contributed by atoms with Crippen LogP contribution in [0.1, 0.15) is 37.0 Å². The topological polar surface area (TPSA) is 86.8 Å². The number of nitrogens with zero attached hydrogens (tertiary/aromatic N) is 2. The molecule has 1 N–H and O–H groups in total. The van der Waals surface area contributed by atoms with E-state index in [-0.39, 0.29) is 24.7 Å². The Morgan fingerprint density at radius 1 is 0.952 bits per heavy atom. The van der Waals surface area contributed by atoms with Gasteiger partial charge in [-0.15, -0.1) is 0 Å². The van der Waals surface area contributed by atoms with Crippen LogP contribution in [0.4, 0.5) is 18.9 Å². The fraction of sp³-hybridized carbons (Fsp3) is 0.333. The third-order valence-corrected chi connectivity index (χ3v) is 8.16. The van der Waals surface area contributed by atoms with Crippen molar-refractivity contribution < 1.29 is 31.2 Å². The van der Waals surface area contributed by atoms with E-state index in [1.165, 1.54) is 4.90 Å².